The minimum absolute atomic E-state index is 0.300. The number of nitrogen functional groups attached to an aromatic ring is 1. The molecule has 3 N–H and O–H groups in total. The lowest BCUT2D eigenvalue weighted by atomic mass is 10.1. The number of carbonyl (C=O) groups excluding carboxylic acids is 1. The molecule has 92 valence electrons. The molecule has 18 heavy (non-hydrogen) atoms. The molecule has 0 aliphatic rings. The quantitative estimate of drug-likeness (QED) is 0.817. The van der Waals surface area contributed by atoms with E-state index in [4.69, 9.17) is 17.3 Å². The van der Waals surface area contributed by atoms with Crippen molar-refractivity contribution in [2.45, 2.75) is 6.92 Å². The van der Waals surface area contributed by atoms with Crippen LogP contribution in [0, 0.1) is 6.92 Å². The van der Waals surface area contributed by atoms with Crippen LogP contribution >= 0.6 is 11.6 Å². The van der Waals surface area contributed by atoms with Crippen molar-refractivity contribution in [3.05, 3.63) is 52.8 Å². The number of nitrogens with two attached hydrogens (primary N) is 1. The highest BCUT2D eigenvalue weighted by molar-refractivity contribution is 6.31. The van der Waals surface area contributed by atoms with E-state index >= 15 is 0 Å². The number of amides is 1. The first-order valence-corrected chi connectivity index (χ1v) is 5.72. The Morgan fingerprint density at radius 2 is 2.17 bits per heavy atom. The van der Waals surface area contributed by atoms with Gasteiger partial charge in [0.1, 0.15) is 0 Å². The number of anilines is 2. The fourth-order valence-electron chi connectivity index (χ4n) is 1.51. The van der Waals surface area contributed by atoms with Crippen molar-refractivity contribution in [2.75, 3.05) is 11.1 Å². The second kappa shape index (κ2) is 5.06. The van der Waals surface area contributed by atoms with E-state index in [2.05, 4.69) is 10.3 Å². The summed E-state index contributed by atoms with van der Waals surface area (Å²) < 4.78 is 0. The molecule has 1 amide bonds. The Bertz CT molecular complexity index is 599. The maximum atomic E-state index is 12.1. The minimum atomic E-state index is -0.300. The first-order chi connectivity index (χ1) is 8.58. The van der Waals surface area contributed by atoms with Crippen LogP contribution in [0.4, 0.5) is 11.4 Å². The number of nitrogens with zero attached hydrogens (tertiary/aromatic N) is 1. The standard InChI is InChI=1S/C13H12ClN3O/c1-8-4-5-16-7-12(8)17-13(18)10-6-9(14)2-3-11(10)15/h2-7H,15H2,1H3,(H,17,18). The zero-order valence-corrected chi connectivity index (χ0v) is 10.5. The first kappa shape index (κ1) is 12.4. The van der Waals surface area contributed by atoms with Crippen LogP contribution in [0.3, 0.4) is 0 Å². The van der Waals surface area contributed by atoms with Gasteiger partial charge in [-0.3, -0.25) is 9.78 Å². The molecule has 1 heterocycles. The summed E-state index contributed by atoms with van der Waals surface area (Å²) in [6, 6.07) is 6.60. The van der Waals surface area contributed by atoms with E-state index in [1.165, 1.54) is 6.07 Å². The van der Waals surface area contributed by atoms with Gasteiger partial charge in [-0.05, 0) is 36.8 Å². The van der Waals surface area contributed by atoms with Crippen molar-refractivity contribution in [3.8, 4) is 0 Å². The molecule has 0 spiro atoms. The number of pyridine rings is 1. The Labute approximate surface area is 110 Å². The summed E-state index contributed by atoms with van der Waals surface area (Å²) in [4.78, 5) is 16.0. The molecule has 1 aromatic carbocycles. The molecule has 2 rings (SSSR count). The summed E-state index contributed by atoms with van der Waals surface area (Å²) in [6.07, 6.45) is 3.26. The van der Waals surface area contributed by atoms with E-state index in [1.54, 1.807) is 24.5 Å². The number of carbonyl (C=O) groups is 1. The Kier molecular flexibility index (Phi) is 3.48. The van der Waals surface area contributed by atoms with Crippen molar-refractivity contribution in [3.63, 3.8) is 0 Å². The molecule has 0 unspecified atom stereocenters. The van der Waals surface area contributed by atoms with Gasteiger partial charge in [0.05, 0.1) is 17.4 Å². The molecule has 0 bridgehead atoms. The number of benzene rings is 1. The molecule has 0 fully saturated rings. The van der Waals surface area contributed by atoms with Crippen molar-refractivity contribution in [2.24, 2.45) is 0 Å². The normalized spacial score (nSPS) is 10.1. The maximum absolute atomic E-state index is 12.1. The van der Waals surface area contributed by atoms with Crippen LogP contribution in [0.15, 0.2) is 36.7 Å². The summed E-state index contributed by atoms with van der Waals surface area (Å²) in [7, 11) is 0. The zero-order valence-electron chi connectivity index (χ0n) is 9.77. The van der Waals surface area contributed by atoms with Gasteiger partial charge in [-0.25, -0.2) is 0 Å². The molecule has 0 atom stereocenters. The van der Waals surface area contributed by atoms with E-state index in [0.29, 0.717) is 22.0 Å². The van der Waals surface area contributed by atoms with Crippen LogP contribution in [0.5, 0.6) is 0 Å². The Balaban J connectivity index is 2.28. The van der Waals surface area contributed by atoms with Crippen LogP contribution in [-0.4, -0.2) is 10.9 Å². The summed E-state index contributed by atoms with van der Waals surface area (Å²) in [5.41, 5.74) is 8.07. The van der Waals surface area contributed by atoms with Gasteiger partial charge in [0.2, 0.25) is 0 Å². The minimum Gasteiger partial charge on any atom is -0.398 e. The number of aryl methyl sites for hydroxylation is 1. The molecular formula is C13H12ClN3O. The number of halogens is 1. The predicted molar refractivity (Wildman–Crippen MR) is 72.8 cm³/mol. The number of aromatic nitrogens is 1. The smallest absolute Gasteiger partial charge is 0.257 e. The van der Waals surface area contributed by atoms with E-state index in [-0.39, 0.29) is 5.91 Å². The number of nitrogens with one attached hydrogen (secondary N) is 1. The van der Waals surface area contributed by atoms with Gasteiger partial charge < -0.3 is 11.1 Å². The van der Waals surface area contributed by atoms with Crippen LogP contribution in [0.1, 0.15) is 15.9 Å². The molecule has 1 aromatic heterocycles. The molecule has 4 nitrogen and oxygen atoms in total. The van der Waals surface area contributed by atoms with Crippen LogP contribution in [0.2, 0.25) is 5.02 Å². The summed E-state index contributed by atoms with van der Waals surface area (Å²) >= 11 is 5.85. The Hall–Kier alpha value is -2.07. The van der Waals surface area contributed by atoms with E-state index in [1.807, 2.05) is 13.0 Å². The fraction of sp³-hybridized carbons (Fsp3) is 0.0769. The third-order valence-electron chi connectivity index (χ3n) is 2.55. The molecule has 2 aromatic rings. The highest BCUT2D eigenvalue weighted by atomic mass is 35.5. The summed E-state index contributed by atoms with van der Waals surface area (Å²) in [5, 5.41) is 3.22. The van der Waals surface area contributed by atoms with Gasteiger partial charge in [0, 0.05) is 16.9 Å². The topological polar surface area (TPSA) is 68.0 Å². The average Bonchev–Trinajstić information content (AvgIpc) is 2.35. The second-order valence-corrected chi connectivity index (χ2v) is 4.31. The van der Waals surface area contributed by atoms with Gasteiger partial charge in [-0.1, -0.05) is 11.6 Å². The summed E-state index contributed by atoms with van der Waals surface area (Å²) in [5.74, 6) is -0.300. The van der Waals surface area contributed by atoms with E-state index in [0.717, 1.165) is 5.56 Å². The lowest BCUT2D eigenvalue weighted by Gasteiger charge is -2.09. The fourth-order valence-corrected chi connectivity index (χ4v) is 1.68. The van der Waals surface area contributed by atoms with Gasteiger partial charge in [-0.2, -0.15) is 0 Å². The third kappa shape index (κ3) is 2.60. The first-order valence-electron chi connectivity index (χ1n) is 5.35. The van der Waals surface area contributed by atoms with Gasteiger partial charge in [-0.15, -0.1) is 0 Å². The van der Waals surface area contributed by atoms with E-state index in [9.17, 15) is 4.79 Å². The maximum Gasteiger partial charge on any atom is 0.257 e. The Morgan fingerprint density at radius 1 is 1.39 bits per heavy atom. The van der Waals surface area contributed by atoms with Crippen molar-refractivity contribution >= 4 is 28.9 Å². The van der Waals surface area contributed by atoms with Gasteiger partial charge in [0.15, 0.2) is 0 Å². The largest absolute Gasteiger partial charge is 0.398 e. The summed E-state index contributed by atoms with van der Waals surface area (Å²) in [6.45, 7) is 1.89. The lowest BCUT2D eigenvalue weighted by Crippen LogP contribution is -2.14. The molecule has 0 aliphatic carbocycles. The second-order valence-electron chi connectivity index (χ2n) is 3.88. The van der Waals surface area contributed by atoms with Gasteiger partial charge in [0.25, 0.3) is 5.91 Å². The highest BCUT2D eigenvalue weighted by Crippen LogP contribution is 2.20. The molecule has 0 aliphatic heterocycles. The van der Waals surface area contributed by atoms with E-state index < -0.39 is 0 Å². The third-order valence-corrected chi connectivity index (χ3v) is 2.78. The average molecular weight is 262 g/mol. The predicted octanol–water partition coefficient (Wildman–Crippen LogP) is 2.88. The molecule has 0 saturated carbocycles. The molecule has 5 heteroatoms. The Morgan fingerprint density at radius 3 is 2.89 bits per heavy atom. The number of hydrogen-bond donors (Lipinski definition) is 2. The van der Waals surface area contributed by atoms with Crippen LogP contribution < -0.4 is 11.1 Å². The molecule has 0 saturated heterocycles. The molecular weight excluding hydrogens is 250 g/mol. The molecule has 0 radical (unpaired) electrons. The van der Waals surface area contributed by atoms with Crippen molar-refractivity contribution < 1.29 is 4.79 Å². The van der Waals surface area contributed by atoms with Crippen LogP contribution in [-0.2, 0) is 0 Å². The van der Waals surface area contributed by atoms with Crippen molar-refractivity contribution in [1.29, 1.82) is 0 Å². The zero-order chi connectivity index (χ0) is 13.1. The van der Waals surface area contributed by atoms with Crippen LogP contribution in [0.25, 0.3) is 0 Å². The van der Waals surface area contributed by atoms with Crippen molar-refractivity contribution in [1.82, 2.24) is 4.98 Å². The number of rotatable bonds is 2. The number of hydrogen-bond acceptors (Lipinski definition) is 3. The lowest BCUT2D eigenvalue weighted by molar-refractivity contribution is 0.102. The highest BCUT2D eigenvalue weighted by Gasteiger charge is 2.11. The SMILES string of the molecule is Cc1ccncc1NC(=O)c1cc(Cl)ccc1N. The van der Waals surface area contributed by atoms with Gasteiger partial charge >= 0.3 is 0 Å². The monoisotopic (exact) mass is 261 g/mol.